The van der Waals surface area contributed by atoms with Gasteiger partial charge in [-0.3, -0.25) is 43.4 Å². The topological polar surface area (TPSA) is 309 Å². The molecule has 0 aliphatic carbocycles. The van der Waals surface area contributed by atoms with Crippen molar-refractivity contribution in [3.05, 3.63) is 209 Å². The molecule has 8 N–H and O–H groups in total. The van der Waals surface area contributed by atoms with Gasteiger partial charge in [-0.25, -0.2) is 9.59 Å². The molecule has 107 heavy (non-hydrogen) atoms. The Morgan fingerprint density at radius 2 is 1.04 bits per heavy atom. The van der Waals surface area contributed by atoms with Crippen molar-refractivity contribution >= 4 is 53.2 Å². The molecule has 7 rings (SSSR count). The molecule has 6 amide bonds. The van der Waals surface area contributed by atoms with Crippen LogP contribution < -0.4 is 32.2 Å². The third-order valence-electron chi connectivity index (χ3n) is 19.8. The monoisotopic (exact) mass is 1470 g/mol. The van der Waals surface area contributed by atoms with Gasteiger partial charge in [0.05, 0.1) is 25.3 Å². The number of hydrogen-bond donors (Lipinski definition) is 6. The van der Waals surface area contributed by atoms with Gasteiger partial charge in [-0.1, -0.05) is 232 Å². The van der Waals surface area contributed by atoms with E-state index in [-0.39, 0.29) is 12.8 Å². The maximum Gasteiger partial charge on any atom is 0.338 e. The quantitative estimate of drug-likeness (QED) is 0.0119. The lowest BCUT2D eigenvalue weighted by molar-refractivity contribution is -0.175. The van der Waals surface area contributed by atoms with Crippen LogP contribution in [0.15, 0.2) is 176 Å². The highest BCUT2D eigenvalue weighted by Gasteiger charge is 2.59. The number of benzene rings is 6. The number of aliphatic carboxylic acids is 1. The van der Waals surface area contributed by atoms with Crippen LogP contribution in [0, 0.1) is 23.7 Å². The van der Waals surface area contributed by atoms with E-state index in [4.69, 9.17) is 30.4 Å². The van der Waals surface area contributed by atoms with Crippen molar-refractivity contribution in [1.29, 1.82) is 0 Å². The number of carbonyl (C=O) groups excluding carboxylic acids is 8. The fraction of sp³-hybridized carbons (Fsp3) is 0.471. The second-order valence-corrected chi connectivity index (χ2v) is 29.9. The molecule has 6 aromatic rings. The summed E-state index contributed by atoms with van der Waals surface area (Å²) >= 11 is 0. The molecule has 0 saturated carbocycles. The van der Waals surface area contributed by atoms with E-state index in [0.29, 0.717) is 61.8 Å². The van der Waals surface area contributed by atoms with Gasteiger partial charge in [-0.05, 0) is 110 Å². The number of hydrogen-bond acceptors (Lipinski definition) is 16. The molecular weight excluding hydrogens is 1360 g/mol. The van der Waals surface area contributed by atoms with E-state index in [9.17, 15) is 24.3 Å². The number of nitrogens with two attached hydrogens (primary N) is 2. The van der Waals surface area contributed by atoms with Gasteiger partial charge in [0.15, 0.2) is 12.1 Å². The van der Waals surface area contributed by atoms with Gasteiger partial charge in [0, 0.05) is 45.3 Å². The van der Waals surface area contributed by atoms with Gasteiger partial charge >= 0.3 is 11.9 Å². The van der Waals surface area contributed by atoms with Crippen molar-refractivity contribution in [2.45, 2.75) is 213 Å². The predicted octanol–water partition coefficient (Wildman–Crippen LogP) is 10.4. The normalized spacial score (nSPS) is 15.8. The molecule has 22 heteroatoms. The van der Waals surface area contributed by atoms with Gasteiger partial charge < -0.3 is 56.4 Å². The van der Waals surface area contributed by atoms with Crippen molar-refractivity contribution in [2.24, 2.45) is 35.1 Å². The summed E-state index contributed by atoms with van der Waals surface area (Å²) in [6.07, 6.45) is -2.37. The van der Waals surface area contributed by atoms with E-state index in [0.717, 1.165) is 27.8 Å². The van der Waals surface area contributed by atoms with E-state index in [1.165, 1.54) is 32.7 Å². The Morgan fingerprint density at radius 3 is 1.49 bits per heavy atom. The first-order chi connectivity index (χ1) is 50.9. The van der Waals surface area contributed by atoms with Crippen LogP contribution in [0.3, 0.4) is 0 Å². The summed E-state index contributed by atoms with van der Waals surface area (Å²) in [5, 5.41) is 20.8. The first kappa shape index (κ1) is 84.8. The van der Waals surface area contributed by atoms with E-state index in [1.54, 1.807) is 52.0 Å². The number of Topliss-reactive ketones (excluding diaryl/α,β-unsaturated/α-hetero) is 1. The minimum absolute atomic E-state index is 0.0964. The number of carboxylic acids is 1. The Bertz CT molecular complexity index is 3740. The molecule has 22 nitrogen and oxygen atoms in total. The molecule has 0 aromatic heterocycles. The Kier molecular flexibility index (Phi) is 31.2. The fourth-order valence-corrected chi connectivity index (χ4v) is 13.5. The summed E-state index contributed by atoms with van der Waals surface area (Å²) in [5.74, 6) is -11.4. The van der Waals surface area contributed by atoms with Crippen LogP contribution in [-0.4, -0.2) is 153 Å². The average Bonchev–Trinajstić information content (AvgIpc) is 0.924. The van der Waals surface area contributed by atoms with Crippen molar-refractivity contribution in [1.82, 2.24) is 30.7 Å². The largest absolute Gasteiger partial charge is 0.488 e. The second kappa shape index (κ2) is 39.4. The molecule has 3 unspecified atom stereocenters. The van der Waals surface area contributed by atoms with Gasteiger partial charge in [0.25, 0.3) is 0 Å². The Morgan fingerprint density at radius 1 is 0.579 bits per heavy atom. The molecule has 1 aliphatic heterocycles. The third-order valence-corrected chi connectivity index (χ3v) is 19.8. The van der Waals surface area contributed by atoms with Crippen LogP contribution in [0.1, 0.15) is 161 Å². The van der Waals surface area contributed by atoms with Crippen LogP contribution in [0.5, 0.6) is 5.75 Å². The number of esters is 1. The Balaban J connectivity index is 1.17. The molecule has 1 fully saturated rings. The highest BCUT2D eigenvalue weighted by atomic mass is 16.7. The Labute approximate surface area is 631 Å². The predicted molar refractivity (Wildman–Crippen MR) is 410 cm³/mol. The summed E-state index contributed by atoms with van der Waals surface area (Å²) < 4.78 is 23.9. The van der Waals surface area contributed by atoms with Crippen molar-refractivity contribution in [3.63, 3.8) is 0 Å². The number of carbonyl (C=O) groups is 9. The molecule has 1 aliphatic rings. The van der Waals surface area contributed by atoms with Crippen LogP contribution in [0.2, 0.25) is 0 Å². The van der Waals surface area contributed by atoms with Gasteiger partial charge in [0.1, 0.15) is 47.2 Å². The number of nitrogens with one attached hydrogen (secondary N) is 3. The standard InChI is InChI=1S/C85H112N8O14/c1-14-57(7)73(88-76(96)68(46-48-71-104-49-50-105-71)92(53-61-31-21-16-22-32-61)54-62-33-23-17-24-34-62)80(100)91(13)69(51-60-41-43-66(44-42-60)107-83(10,11)12)77(97)89-74(58(8)15-2)81(101)106-59(9)72(87)75(95)84(82(102)103,52-55(3)4)93(78(98)56(5)6)79(99)67(86)45-47-70(94)90-85(63-35-25-18-26-36-63,64-37-27-19-28-38-64)65-39-29-20-30-40-65/h16-44,55-59,67-69,71-74H,14-15,45-54,86-87H2,1-13H3,(H,88,96)(H,89,97)(H,90,94)(H,102,103)/t57?,58?,59?,67-,68-,69-,72-,73-,74-,84+/m0/s1. The molecular formula is C85H112N8O14. The maximum absolute atomic E-state index is 15.6. The molecule has 576 valence electrons. The number of likely N-dealkylation sites (N-methyl/N-ethyl adjacent to an activating group) is 1. The number of nitrogens with zero attached hydrogens (tertiary/aromatic N) is 3. The molecule has 0 bridgehead atoms. The van der Waals surface area contributed by atoms with E-state index in [2.05, 4.69) is 20.9 Å². The van der Waals surface area contributed by atoms with E-state index < -0.39 is 161 Å². The molecule has 10 atom stereocenters. The number of carboxylic acid groups (broad SMARTS) is 1. The summed E-state index contributed by atoms with van der Waals surface area (Å²) in [5.41, 5.74) is 13.4. The number of amides is 6. The highest BCUT2D eigenvalue weighted by molar-refractivity contribution is 6.17. The number of imide groups is 1. The number of rotatable bonds is 39. The van der Waals surface area contributed by atoms with Crippen LogP contribution in [-0.2, 0) is 82.4 Å². The van der Waals surface area contributed by atoms with Gasteiger partial charge in [-0.2, -0.15) is 0 Å². The van der Waals surface area contributed by atoms with Crippen LogP contribution >= 0.6 is 0 Å². The molecule has 1 heterocycles. The second-order valence-electron chi connectivity index (χ2n) is 29.9. The zero-order valence-corrected chi connectivity index (χ0v) is 64.4. The number of ether oxygens (including phenoxy) is 4. The minimum atomic E-state index is -3.04. The number of ketones is 1. The smallest absolute Gasteiger partial charge is 0.338 e. The SMILES string of the molecule is CCC(C)[C@H](NC(=O)[C@H](Cc1ccc(OC(C)(C)C)cc1)N(C)C(=O)[C@@H](NC(=O)[C@H](CCC1OCCO1)N(Cc1ccccc1)Cc1ccccc1)C(C)CC)C(=O)OC(C)[C@H](N)C(=O)[C@](CC(C)C)(C(=O)O)N(C(=O)C(C)C)C(=O)[C@@H](N)CCC(=O)NC(c1ccccc1)(c1ccccc1)c1ccccc1. The zero-order valence-electron chi connectivity index (χ0n) is 64.4. The lowest BCUT2D eigenvalue weighted by Gasteiger charge is -2.42. The Hall–Kier alpha value is -9.45. The van der Waals surface area contributed by atoms with Crippen molar-refractivity contribution < 1.29 is 67.2 Å². The third kappa shape index (κ3) is 22.3. The molecule has 0 radical (unpaired) electrons. The fourth-order valence-electron chi connectivity index (χ4n) is 13.5. The molecule has 1 saturated heterocycles. The van der Waals surface area contributed by atoms with Crippen LogP contribution in [0.4, 0.5) is 0 Å². The van der Waals surface area contributed by atoms with E-state index in [1.807, 2.05) is 186 Å². The minimum Gasteiger partial charge on any atom is -0.488 e. The van der Waals surface area contributed by atoms with E-state index >= 15 is 24.0 Å². The van der Waals surface area contributed by atoms with Crippen molar-refractivity contribution in [3.8, 4) is 5.75 Å². The zero-order chi connectivity index (χ0) is 78.3. The lowest BCUT2D eigenvalue weighted by Crippen LogP contribution is -2.71. The lowest BCUT2D eigenvalue weighted by atomic mass is 9.77. The molecule has 6 aromatic carbocycles. The van der Waals surface area contributed by atoms with Crippen molar-refractivity contribution in [2.75, 3.05) is 20.3 Å². The highest BCUT2D eigenvalue weighted by Crippen LogP contribution is 2.38. The van der Waals surface area contributed by atoms with Gasteiger partial charge in [0.2, 0.25) is 41.0 Å². The maximum atomic E-state index is 15.6. The first-order valence-corrected chi connectivity index (χ1v) is 37.4. The summed E-state index contributed by atoms with van der Waals surface area (Å²) in [6, 6.07) is 46.0. The van der Waals surface area contributed by atoms with Crippen LogP contribution in [0.25, 0.3) is 0 Å². The first-order valence-electron chi connectivity index (χ1n) is 37.4. The van der Waals surface area contributed by atoms with Gasteiger partial charge in [-0.15, -0.1) is 0 Å². The summed E-state index contributed by atoms with van der Waals surface area (Å²) in [7, 11) is 1.47. The summed E-state index contributed by atoms with van der Waals surface area (Å²) in [4.78, 5) is 139. The average molecular weight is 1470 g/mol. The summed E-state index contributed by atoms with van der Waals surface area (Å²) in [6.45, 7) is 21.8. The molecule has 0 spiro atoms.